The van der Waals surface area contributed by atoms with Crippen molar-refractivity contribution in [2.75, 3.05) is 26.2 Å². The van der Waals surface area contributed by atoms with Crippen molar-refractivity contribution in [2.24, 2.45) is 4.99 Å². The van der Waals surface area contributed by atoms with E-state index < -0.39 is 5.97 Å². The fourth-order valence-corrected chi connectivity index (χ4v) is 4.26. The number of carboxylic acids is 1. The van der Waals surface area contributed by atoms with E-state index in [9.17, 15) is 9.90 Å². The molecule has 0 amide bonds. The molecule has 4 heteroatoms. The zero-order valence-electron chi connectivity index (χ0n) is 17.4. The summed E-state index contributed by atoms with van der Waals surface area (Å²) in [5.41, 5.74) is 0. The first-order valence-electron chi connectivity index (χ1n) is 11.2. The minimum absolute atomic E-state index is 0.102. The summed E-state index contributed by atoms with van der Waals surface area (Å²) in [7, 11) is 0. The molecule has 0 aromatic carbocycles. The molecule has 0 aromatic rings. The molecule has 1 heterocycles. The fraction of sp³-hybridized carbons (Fsp3) is 0.909. The maximum Gasteiger partial charge on any atom is 0.198 e. The molecule has 0 saturated heterocycles. The second-order valence-electron chi connectivity index (χ2n) is 8.06. The van der Waals surface area contributed by atoms with E-state index in [1.54, 1.807) is 0 Å². The van der Waals surface area contributed by atoms with Gasteiger partial charge in [-0.3, -0.25) is 4.48 Å². The predicted octanol–water partition coefficient (Wildman–Crippen LogP) is 4.47. The van der Waals surface area contributed by atoms with Gasteiger partial charge in [0, 0.05) is 6.42 Å². The topological polar surface area (TPSA) is 52.5 Å². The lowest BCUT2D eigenvalue weighted by Crippen LogP contribution is -2.56. The van der Waals surface area contributed by atoms with Crippen LogP contribution in [0.5, 0.6) is 0 Å². The Bertz CT molecular complexity index is 409. The number of rotatable bonds is 17. The van der Waals surface area contributed by atoms with Crippen LogP contribution in [0, 0.1) is 0 Å². The average Bonchev–Trinajstić information content (AvgIpc) is 2.97. The van der Waals surface area contributed by atoms with Crippen molar-refractivity contribution in [3.05, 3.63) is 0 Å². The van der Waals surface area contributed by atoms with Gasteiger partial charge in [0.25, 0.3) is 0 Å². The lowest BCUT2D eigenvalue weighted by atomic mass is 10.0. The zero-order chi connectivity index (χ0) is 19.1. The molecular weight excluding hydrogens is 324 g/mol. The van der Waals surface area contributed by atoms with Crippen LogP contribution < -0.4 is 5.11 Å². The molecule has 0 aromatic heterocycles. The van der Waals surface area contributed by atoms with Crippen LogP contribution in [0.3, 0.4) is 0 Å². The third kappa shape index (κ3) is 9.16. The number of carbonyl (C=O) groups is 1. The Balaban J connectivity index is 2.08. The molecule has 1 aliphatic heterocycles. The number of nitrogens with zero attached hydrogens (tertiary/aromatic N) is 2. The summed E-state index contributed by atoms with van der Waals surface area (Å²) >= 11 is 0. The second kappa shape index (κ2) is 14.2. The molecule has 0 aliphatic carbocycles. The molecule has 0 spiro atoms. The van der Waals surface area contributed by atoms with Crippen molar-refractivity contribution < 1.29 is 14.4 Å². The van der Waals surface area contributed by atoms with E-state index in [-0.39, 0.29) is 6.54 Å². The molecule has 152 valence electrons. The molecule has 1 unspecified atom stereocenters. The Kier molecular flexibility index (Phi) is 12.6. The van der Waals surface area contributed by atoms with Crippen LogP contribution >= 0.6 is 0 Å². The predicted molar refractivity (Wildman–Crippen MR) is 108 cm³/mol. The van der Waals surface area contributed by atoms with Gasteiger partial charge in [-0.2, -0.15) is 0 Å². The molecule has 0 saturated carbocycles. The number of quaternary nitrogens is 1. The number of hydrogen-bond acceptors (Lipinski definition) is 3. The molecule has 0 bridgehead atoms. The molecule has 4 nitrogen and oxygen atoms in total. The van der Waals surface area contributed by atoms with E-state index in [2.05, 4.69) is 18.8 Å². The Hall–Kier alpha value is -0.900. The van der Waals surface area contributed by atoms with E-state index >= 15 is 0 Å². The summed E-state index contributed by atoms with van der Waals surface area (Å²) in [6.45, 7) is 6.99. The van der Waals surface area contributed by atoms with Gasteiger partial charge in [-0.25, -0.2) is 4.99 Å². The highest BCUT2D eigenvalue weighted by molar-refractivity contribution is 5.79. The molecule has 1 atom stereocenters. The Morgan fingerprint density at radius 1 is 0.885 bits per heavy atom. The fourth-order valence-electron chi connectivity index (χ4n) is 4.26. The van der Waals surface area contributed by atoms with Gasteiger partial charge in [0.2, 0.25) is 0 Å². The molecule has 0 fully saturated rings. The van der Waals surface area contributed by atoms with Crippen LogP contribution in [0.25, 0.3) is 0 Å². The lowest BCUT2D eigenvalue weighted by Gasteiger charge is -2.35. The van der Waals surface area contributed by atoms with E-state index in [4.69, 9.17) is 0 Å². The van der Waals surface area contributed by atoms with Crippen molar-refractivity contribution in [3.63, 3.8) is 0 Å². The zero-order valence-corrected chi connectivity index (χ0v) is 17.4. The van der Waals surface area contributed by atoms with Gasteiger partial charge in [0.1, 0.15) is 13.1 Å². The smallest absolute Gasteiger partial charge is 0.198 e. The number of aliphatic carboxylic acids is 1. The summed E-state index contributed by atoms with van der Waals surface area (Å²) in [5, 5.41) is 11.2. The second-order valence-corrected chi connectivity index (χ2v) is 8.06. The third-order valence-corrected chi connectivity index (χ3v) is 5.71. The van der Waals surface area contributed by atoms with Gasteiger partial charge in [-0.1, -0.05) is 84.5 Å². The first kappa shape index (κ1) is 23.1. The van der Waals surface area contributed by atoms with Gasteiger partial charge in [0.05, 0.1) is 19.1 Å². The minimum atomic E-state index is -0.942. The molecule has 0 N–H and O–H groups in total. The SMILES string of the molecule is CCCCCCCCCCCCCCC1=NCC[N+]1(CCC)CC(=O)[O-]. The highest BCUT2D eigenvalue weighted by Gasteiger charge is 2.36. The summed E-state index contributed by atoms with van der Waals surface area (Å²) in [4.78, 5) is 15.8. The Morgan fingerprint density at radius 2 is 1.42 bits per heavy atom. The highest BCUT2D eigenvalue weighted by Crippen LogP contribution is 2.21. The molecule has 1 rings (SSSR count). The van der Waals surface area contributed by atoms with Crippen LogP contribution in [0.2, 0.25) is 0 Å². The van der Waals surface area contributed by atoms with Gasteiger partial charge in [0.15, 0.2) is 5.84 Å². The molecule has 0 radical (unpaired) electrons. The number of carbonyl (C=O) groups excluding carboxylic acids is 1. The van der Waals surface area contributed by atoms with Crippen molar-refractivity contribution in [3.8, 4) is 0 Å². The van der Waals surface area contributed by atoms with Gasteiger partial charge < -0.3 is 9.90 Å². The quantitative estimate of drug-likeness (QED) is 0.282. The largest absolute Gasteiger partial charge is 0.544 e. The van der Waals surface area contributed by atoms with Crippen LogP contribution in [0.15, 0.2) is 4.99 Å². The van der Waals surface area contributed by atoms with E-state index in [0.717, 1.165) is 44.7 Å². The first-order valence-corrected chi connectivity index (χ1v) is 11.2. The normalized spacial score (nSPS) is 19.7. The standard InChI is InChI=1S/C22H42N2O2/c1-3-5-6-7-8-9-10-11-12-13-14-15-16-21-23-17-19-24(21,18-4-2)20-22(25)26/h3-20H2,1-2H3. The van der Waals surface area contributed by atoms with Crippen molar-refractivity contribution in [1.29, 1.82) is 0 Å². The summed E-state index contributed by atoms with van der Waals surface area (Å²) < 4.78 is 0.552. The Labute approximate surface area is 161 Å². The Morgan fingerprint density at radius 3 is 1.92 bits per heavy atom. The minimum Gasteiger partial charge on any atom is -0.544 e. The van der Waals surface area contributed by atoms with Gasteiger partial charge >= 0.3 is 0 Å². The van der Waals surface area contributed by atoms with Crippen molar-refractivity contribution in [1.82, 2.24) is 0 Å². The number of carboxylic acid groups (broad SMARTS) is 1. The van der Waals surface area contributed by atoms with Crippen molar-refractivity contribution >= 4 is 11.8 Å². The summed E-state index contributed by atoms with van der Waals surface area (Å²) in [5.74, 6) is 0.172. The average molecular weight is 367 g/mol. The summed E-state index contributed by atoms with van der Waals surface area (Å²) in [6.07, 6.45) is 18.1. The van der Waals surface area contributed by atoms with E-state index in [1.165, 1.54) is 70.6 Å². The maximum atomic E-state index is 11.2. The van der Waals surface area contributed by atoms with E-state index in [0.29, 0.717) is 4.48 Å². The van der Waals surface area contributed by atoms with E-state index in [1.807, 2.05) is 0 Å². The molecular formula is C22H42N2O2. The number of unbranched alkanes of at least 4 members (excludes halogenated alkanes) is 11. The van der Waals surface area contributed by atoms with Crippen LogP contribution in [-0.2, 0) is 4.79 Å². The number of hydrogen-bond donors (Lipinski definition) is 0. The van der Waals surface area contributed by atoms with Gasteiger partial charge in [-0.15, -0.1) is 0 Å². The molecule has 26 heavy (non-hydrogen) atoms. The maximum absolute atomic E-state index is 11.2. The third-order valence-electron chi connectivity index (χ3n) is 5.71. The highest BCUT2D eigenvalue weighted by atomic mass is 16.4. The number of aliphatic imine (C=N–C) groups is 1. The summed E-state index contributed by atoms with van der Waals surface area (Å²) in [6, 6.07) is 0. The van der Waals surface area contributed by atoms with Crippen molar-refractivity contribution in [2.45, 2.75) is 104 Å². The molecule has 1 aliphatic rings. The van der Waals surface area contributed by atoms with Crippen LogP contribution in [0.4, 0.5) is 0 Å². The van der Waals surface area contributed by atoms with Gasteiger partial charge in [-0.05, 0) is 12.8 Å². The number of amidine groups is 1. The lowest BCUT2D eigenvalue weighted by molar-refractivity contribution is -0.831. The monoisotopic (exact) mass is 366 g/mol. The van der Waals surface area contributed by atoms with Crippen LogP contribution in [0.1, 0.15) is 104 Å². The first-order chi connectivity index (χ1) is 12.6. The van der Waals surface area contributed by atoms with Crippen LogP contribution in [-0.4, -0.2) is 42.5 Å².